The smallest absolute Gasteiger partial charge is 0.239 e. The van der Waals surface area contributed by atoms with Gasteiger partial charge in [0.2, 0.25) is 5.91 Å². The van der Waals surface area contributed by atoms with E-state index in [0.717, 1.165) is 19.4 Å². The van der Waals surface area contributed by atoms with Crippen LogP contribution in [-0.2, 0) is 20.3 Å². The lowest BCUT2D eigenvalue weighted by molar-refractivity contribution is -0.115. The van der Waals surface area contributed by atoms with E-state index in [1.165, 1.54) is 0 Å². The third kappa shape index (κ3) is 3.80. The van der Waals surface area contributed by atoms with Crippen LogP contribution in [0, 0.1) is 0 Å². The molecule has 0 radical (unpaired) electrons. The molecule has 2 rings (SSSR count). The van der Waals surface area contributed by atoms with Gasteiger partial charge in [0.1, 0.15) is 5.25 Å². The average Bonchev–Trinajstić information content (AvgIpc) is 2.93. The predicted octanol–water partition coefficient (Wildman–Crippen LogP) is 1.52. The fourth-order valence-electron chi connectivity index (χ4n) is 2.07. The minimum absolute atomic E-state index is 0.0212. The van der Waals surface area contributed by atoms with Gasteiger partial charge < -0.3 is 15.8 Å². The van der Waals surface area contributed by atoms with Gasteiger partial charge in [-0.3, -0.25) is 9.00 Å². The molecule has 1 aromatic carbocycles. The van der Waals surface area contributed by atoms with Crippen LogP contribution in [-0.4, -0.2) is 33.8 Å². The van der Waals surface area contributed by atoms with E-state index in [2.05, 4.69) is 5.32 Å². The number of nitrogens with one attached hydrogen (secondary N) is 1. The van der Waals surface area contributed by atoms with Crippen LogP contribution < -0.4 is 11.1 Å². The second kappa shape index (κ2) is 6.85. The van der Waals surface area contributed by atoms with Gasteiger partial charge in [0.05, 0.1) is 23.2 Å². The Labute approximate surface area is 121 Å². The molecule has 1 amide bonds. The Balaban J connectivity index is 1.91. The Kier molecular flexibility index (Phi) is 5.14. The quantitative estimate of drug-likeness (QED) is 0.807. The minimum atomic E-state index is -1.24. The Morgan fingerprint density at radius 1 is 1.55 bits per heavy atom. The summed E-state index contributed by atoms with van der Waals surface area (Å²) in [6.07, 6.45) is 1.95. The van der Waals surface area contributed by atoms with E-state index >= 15 is 0 Å². The van der Waals surface area contributed by atoms with Gasteiger partial charge in [0.15, 0.2) is 0 Å². The van der Waals surface area contributed by atoms with Gasteiger partial charge in [-0.25, -0.2) is 0 Å². The Hall–Kier alpha value is -1.40. The zero-order valence-corrected chi connectivity index (χ0v) is 12.3. The molecule has 0 saturated carbocycles. The molecule has 1 fully saturated rings. The lowest BCUT2D eigenvalue weighted by atomic mass is 10.2. The van der Waals surface area contributed by atoms with Crippen LogP contribution in [0.2, 0.25) is 0 Å². The van der Waals surface area contributed by atoms with Crippen molar-refractivity contribution in [3.05, 3.63) is 24.3 Å². The van der Waals surface area contributed by atoms with Gasteiger partial charge in [0.25, 0.3) is 0 Å². The van der Waals surface area contributed by atoms with E-state index < -0.39 is 16.0 Å². The summed E-state index contributed by atoms with van der Waals surface area (Å²) < 4.78 is 17.6. The molecule has 0 aliphatic carbocycles. The normalized spacial score (nSPS) is 21.4. The van der Waals surface area contributed by atoms with Gasteiger partial charge in [-0.15, -0.1) is 0 Å². The molecular weight excluding hydrogens is 276 g/mol. The Bertz CT molecular complexity index is 501. The maximum absolute atomic E-state index is 12.2. The molecule has 1 aliphatic heterocycles. The number of carbonyl (C=O) groups excluding carboxylic acids is 1. The summed E-state index contributed by atoms with van der Waals surface area (Å²) in [5, 5.41) is 2.13. The second-order valence-electron chi connectivity index (χ2n) is 4.90. The number of benzene rings is 1. The number of anilines is 2. The first kappa shape index (κ1) is 15.0. The van der Waals surface area contributed by atoms with Gasteiger partial charge in [-0.05, 0) is 31.9 Å². The highest BCUT2D eigenvalue weighted by atomic mass is 32.2. The molecule has 1 aliphatic rings. The number of ether oxygens (including phenoxy) is 1. The van der Waals surface area contributed by atoms with Crippen molar-refractivity contribution in [3.63, 3.8) is 0 Å². The van der Waals surface area contributed by atoms with Gasteiger partial charge in [-0.2, -0.15) is 0 Å². The van der Waals surface area contributed by atoms with Gasteiger partial charge in [-0.1, -0.05) is 12.1 Å². The first-order valence-corrected chi connectivity index (χ1v) is 8.10. The summed E-state index contributed by atoms with van der Waals surface area (Å²) in [6, 6.07) is 7.02. The zero-order chi connectivity index (χ0) is 14.5. The lowest BCUT2D eigenvalue weighted by Crippen LogP contribution is -2.33. The van der Waals surface area contributed by atoms with E-state index in [1.54, 1.807) is 31.2 Å². The summed E-state index contributed by atoms with van der Waals surface area (Å²) in [5.74, 6) is 0.137. The predicted molar refractivity (Wildman–Crippen MR) is 80.9 cm³/mol. The van der Waals surface area contributed by atoms with E-state index in [0.29, 0.717) is 17.1 Å². The van der Waals surface area contributed by atoms with Crippen molar-refractivity contribution in [1.29, 1.82) is 0 Å². The van der Waals surface area contributed by atoms with Crippen LogP contribution in [0.4, 0.5) is 11.4 Å². The molecule has 3 N–H and O–H groups in total. The molecule has 110 valence electrons. The molecule has 0 spiro atoms. The summed E-state index contributed by atoms with van der Waals surface area (Å²) in [5.41, 5.74) is 6.82. The molecule has 20 heavy (non-hydrogen) atoms. The summed E-state index contributed by atoms with van der Waals surface area (Å²) in [4.78, 5) is 12.1. The summed E-state index contributed by atoms with van der Waals surface area (Å²) in [6.45, 7) is 2.39. The molecule has 0 bridgehead atoms. The van der Waals surface area contributed by atoms with Crippen molar-refractivity contribution in [2.45, 2.75) is 31.1 Å². The largest absolute Gasteiger partial charge is 0.397 e. The van der Waals surface area contributed by atoms with Gasteiger partial charge >= 0.3 is 0 Å². The number of carbonyl (C=O) groups is 1. The van der Waals surface area contributed by atoms with Crippen LogP contribution in [0.5, 0.6) is 0 Å². The first-order valence-electron chi connectivity index (χ1n) is 6.72. The van der Waals surface area contributed by atoms with E-state index in [-0.39, 0.29) is 12.0 Å². The lowest BCUT2D eigenvalue weighted by Gasteiger charge is -2.15. The SMILES string of the molecule is CC(C(=O)Nc1ccccc1N)S(=O)CC1CCCO1. The van der Waals surface area contributed by atoms with E-state index in [4.69, 9.17) is 10.5 Å². The van der Waals surface area contributed by atoms with Crippen LogP contribution in [0.1, 0.15) is 19.8 Å². The van der Waals surface area contributed by atoms with Crippen molar-refractivity contribution < 1.29 is 13.7 Å². The molecule has 0 aromatic heterocycles. The van der Waals surface area contributed by atoms with Crippen molar-refractivity contribution in [1.82, 2.24) is 0 Å². The highest BCUT2D eigenvalue weighted by Gasteiger charge is 2.25. The number of hydrogen-bond donors (Lipinski definition) is 2. The Morgan fingerprint density at radius 2 is 2.30 bits per heavy atom. The number of hydrogen-bond acceptors (Lipinski definition) is 4. The number of nitrogens with two attached hydrogens (primary N) is 1. The number of nitrogen functional groups attached to an aromatic ring is 1. The molecular formula is C14H20N2O3S. The molecule has 1 aromatic rings. The monoisotopic (exact) mass is 296 g/mol. The Morgan fingerprint density at radius 3 is 2.95 bits per heavy atom. The van der Waals surface area contributed by atoms with Crippen LogP contribution >= 0.6 is 0 Å². The fourth-order valence-corrected chi connectivity index (χ4v) is 3.28. The fraction of sp³-hybridized carbons (Fsp3) is 0.500. The van der Waals surface area contributed by atoms with Crippen LogP contribution in [0.15, 0.2) is 24.3 Å². The maximum atomic E-state index is 12.2. The molecule has 3 unspecified atom stereocenters. The van der Waals surface area contributed by atoms with Gasteiger partial charge in [0, 0.05) is 17.4 Å². The minimum Gasteiger partial charge on any atom is -0.397 e. The number of rotatable bonds is 5. The van der Waals surface area contributed by atoms with Crippen molar-refractivity contribution in [2.24, 2.45) is 0 Å². The summed E-state index contributed by atoms with van der Waals surface area (Å²) in [7, 11) is -1.24. The molecule has 1 heterocycles. The third-order valence-corrected chi connectivity index (χ3v) is 5.06. The molecule has 1 saturated heterocycles. The summed E-state index contributed by atoms with van der Waals surface area (Å²) >= 11 is 0. The third-order valence-electron chi connectivity index (χ3n) is 3.36. The number of amides is 1. The zero-order valence-electron chi connectivity index (χ0n) is 11.5. The highest BCUT2D eigenvalue weighted by Crippen LogP contribution is 2.18. The number of para-hydroxylation sites is 2. The standard InChI is InChI=1S/C14H20N2O3S/c1-10(20(18)9-11-5-4-8-19-11)14(17)16-13-7-3-2-6-12(13)15/h2-3,6-7,10-11H,4-5,8-9,15H2,1H3,(H,16,17). The van der Waals surface area contributed by atoms with Crippen molar-refractivity contribution >= 4 is 28.1 Å². The topological polar surface area (TPSA) is 81.4 Å². The molecule has 3 atom stereocenters. The first-order chi connectivity index (χ1) is 9.58. The molecule has 6 heteroatoms. The highest BCUT2D eigenvalue weighted by molar-refractivity contribution is 7.86. The maximum Gasteiger partial charge on any atom is 0.239 e. The molecule has 5 nitrogen and oxygen atoms in total. The van der Waals surface area contributed by atoms with Crippen LogP contribution in [0.3, 0.4) is 0 Å². The van der Waals surface area contributed by atoms with Crippen LogP contribution in [0.25, 0.3) is 0 Å². The van der Waals surface area contributed by atoms with E-state index in [1.807, 2.05) is 0 Å². The second-order valence-corrected chi connectivity index (χ2v) is 6.70. The van der Waals surface area contributed by atoms with E-state index in [9.17, 15) is 9.00 Å². The van der Waals surface area contributed by atoms with Crippen molar-refractivity contribution in [3.8, 4) is 0 Å². The average molecular weight is 296 g/mol. The van der Waals surface area contributed by atoms with Crippen molar-refractivity contribution in [2.75, 3.05) is 23.4 Å².